The molecule has 0 radical (unpaired) electrons. The Hall–Kier alpha value is -2.13. The van der Waals surface area contributed by atoms with Crippen LogP contribution in [0.15, 0.2) is 24.3 Å². The Morgan fingerprint density at radius 2 is 1.96 bits per heavy atom. The minimum absolute atomic E-state index is 0.00322. The van der Waals surface area contributed by atoms with Crippen LogP contribution in [0.25, 0.3) is 0 Å². The molecule has 132 valence electrons. The first kappa shape index (κ1) is 18.2. The molecule has 24 heavy (non-hydrogen) atoms. The summed E-state index contributed by atoms with van der Waals surface area (Å²) in [5.74, 6) is -1.12. The molecule has 0 aliphatic carbocycles. The number of carbonyl (C=O) groups is 2. The van der Waals surface area contributed by atoms with Crippen molar-refractivity contribution in [2.75, 3.05) is 37.8 Å². The highest BCUT2D eigenvalue weighted by Crippen LogP contribution is 2.26. The highest BCUT2D eigenvalue weighted by Gasteiger charge is 2.35. The van der Waals surface area contributed by atoms with E-state index in [-0.39, 0.29) is 42.8 Å². The predicted octanol–water partition coefficient (Wildman–Crippen LogP) is -0.247. The molecule has 2 amide bonds. The molecule has 1 aromatic rings. The van der Waals surface area contributed by atoms with Gasteiger partial charge in [-0.15, -0.1) is 0 Å². The van der Waals surface area contributed by atoms with Crippen LogP contribution in [-0.2, 0) is 19.6 Å². The molecule has 0 bridgehead atoms. The number of aromatic hydroxyl groups is 1. The maximum Gasteiger partial charge on any atom is 0.227 e. The minimum atomic E-state index is -3.37. The van der Waals surface area contributed by atoms with Crippen LogP contribution in [0.4, 0.5) is 5.69 Å². The predicted molar refractivity (Wildman–Crippen MR) is 89.1 cm³/mol. The number of sulfonamides is 1. The third-order valence-electron chi connectivity index (χ3n) is 3.87. The number of benzene rings is 1. The summed E-state index contributed by atoms with van der Waals surface area (Å²) in [6, 6.07) is 6.17. The second kappa shape index (κ2) is 7.18. The molecule has 9 heteroatoms. The number of anilines is 1. The zero-order valence-electron chi connectivity index (χ0n) is 13.6. The molecule has 0 spiro atoms. The largest absolute Gasteiger partial charge is 0.508 e. The van der Waals surface area contributed by atoms with E-state index in [0.29, 0.717) is 5.69 Å². The van der Waals surface area contributed by atoms with Gasteiger partial charge in [0, 0.05) is 39.3 Å². The van der Waals surface area contributed by atoms with Gasteiger partial charge < -0.3 is 15.3 Å². The molecule has 0 aromatic heterocycles. The van der Waals surface area contributed by atoms with E-state index in [9.17, 15) is 23.1 Å². The van der Waals surface area contributed by atoms with Crippen LogP contribution in [-0.4, -0.2) is 62.6 Å². The quantitative estimate of drug-likeness (QED) is 0.732. The number of rotatable bonds is 6. The normalized spacial score (nSPS) is 18.2. The van der Waals surface area contributed by atoms with E-state index in [0.717, 1.165) is 4.31 Å². The topological polar surface area (TPSA) is 107 Å². The summed E-state index contributed by atoms with van der Waals surface area (Å²) >= 11 is 0. The Morgan fingerprint density at radius 1 is 1.33 bits per heavy atom. The SMILES string of the molecule is CN(C)S(=O)(=O)CCNC(=O)[C@H]1CC(=O)N(c2ccc(O)cc2)C1. The summed E-state index contributed by atoms with van der Waals surface area (Å²) in [6.45, 7) is 0.235. The van der Waals surface area contributed by atoms with Gasteiger partial charge in [0.05, 0.1) is 11.7 Å². The summed E-state index contributed by atoms with van der Waals surface area (Å²) in [4.78, 5) is 25.7. The maximum absolute atomic E-state index is 12.1. The number of nitrogens with one attached hydrogen (secondary N) is 1. The Bertz CT molecular complexity index is 715. The van der Waals surface area contributed by atoms with Crippen LogP contribution in [0.2, 0.25) is 0 Å². The first-order valence-electron chi connectivity index (χ1n) is 7.48. The smallest absolute Gasteiger partial charge is 0.227 e. The van der Waals surface area contributed by atoms with Crippen molar-refractivity contribution < 1.29 is 23.1 Å². The van der Waals surface area contributed by atoms with Gasteiger partial charge >= 0.3 is 0 Å². The molecule has 2 rings (SSSR count). The monoisotopic (exact) mass is 355 g/mol. The van der Waals surface area contributed by atoms with Crippen LogP contribution in [0, 0.1) is 5.92 Å². The molecule has 1 aliphatic rings. The van der Waals surface area contributed by atoms with Gasteiger partial charge in [0.25, 0.3) is 0 Å². The fourth-order valence-electron chi connectivity index (χ4n) is 2.40. The number of carbonyl (C=O) groups excluding carboxylic acids is 2. The number of hydrogen-bond donors (Lipinski definition) is 2. The van der Waals surface area contributed by atoms with E-state index < -0.39 is 15.9 Å². The summed E-state index contributed by atoms with van der Waals surface area (Å²) in [5.41, 5.74) is 0.614. The van der Waals surface area contributed by atoms with Crippen molar-refractivity contribution >= 4 is 27.5 Å². The van der Waals surface area contributed by atoms with Crippen LogP contribution in [0.1, 0.15) is 6.42 Å². The summed E-state index contributed by atoms with van der Waals surface area (Å²) in [5, 5.41) is 11.9. The number of phenols is 1. The molecular formula is C15H21N3O5S. The molecule has 1 saturated heterocycles. The fraction of sp³-hybridized carbons (Fsp3) is 0.467. The number of nitrogens with zero attached hydrogens (tertiary/aromatic N) is 2. The summed E-state index contributed by atoms with van der Waals surface area (Å²) in [7, 11) is -0.503. The first-order chi connectivity index (χ1) is 11.2. The van der Waals surface area contributed by atoms with Gasteiger partial charge in [0.2, 0.25) is 21.8 Å². The van der Waals surface area contributed by atoms with E-state index in [4.69, 9.17) is 0 Å². The van der Waals surface area contributed by atoms with Crippen molar-refractivity contribution in [2.45, 2.75) is 6.42 Å². The lowest BCUT2D eigenvalue weighted by Crippen LogP contribution is -2.37. The van der Waals surface area contributed by atoms with Crippen molar-refractivity contribution in [3.05, 3.63) is 24.3 Å². The number of amides is 2. The Balaban J connectivity index is 1.91. The summed E-state index contributed by atoms with van der Waals surface area (Å²) in [6.07, 6.45) is 0.0765. The van der Waals surface area contributed by atoms with Crippen molar-refractivity contribution in [3.8, 4) is 5.75 Å². The standard InChI is InChI=1S/C15H21N3O5S/c1-17(2)24(22,23)8-7-16-15(21)11-9-14(20)18(10-11)12-3-5-13(19)6-4-12/h3-6,11,19H,7-10H2,1-2H3,(H,16,21)/t11-/m0/s1. The number of hydrogen-bond acceptors (Lipinski definition) is 5. The van der Waals surface area contributed by atoms with Crippen LogP contribution < -0.4 is 10.2 Å². The average molecular weight is 355 g/mol. The first-order valence-corrected chi connectivity index (χ1v) is 9.09. The second-order valence-corrected chi connectivity index (χ2v) is 8.11. The molecular weight excluding hydrogens is 334 g/mol. The molecule has 1 heterocycles. The van der Waals surface area contributed by atoms with Crippen molar-refractivity contribution in [3.63, 3.8) is 0 Å². The van der Waals surface area contributed by atoms with E-state index >= 15 is 0 Å². The van der Waals surface area contributed by atoms with Crippen molar-refractivity contribution in [1.82, 2.24) is 9.62 Å². The third kappa shape index (κ3) is 4.24. The lowest BCUT2D eigenvalue weighted by Gasteiger charge is -2.17. The molecule has 1 fully saturated rings. The van der Waals surface area contributed by atoms with Gasteiger partial charge in [-0.2, -0.15) is 0 Å². The maximum atomic E-state index is 12.1. The molecule has 8 nitrogen and oxygen atoms in total. The van der Waals surface area contributed by atoms with Gasteiger partial charge in [0.15, 0.2) is 0 Å². The minimum Gasteiger partial charge on any atom is -0.508 e. The van der Waals surface area contributed by atoms with Gasteiger partial charge in [0.1, 0.15) is 5.75 Å². The van der Waals surface area contributed by atoms with Crippen molar-refractivity contribution in [1.29, 1.82) is 0 Å². The van der Waals surface area contributed by atoms with Gasteiger partial charge in [-0.1, -0.05) is 0 Å². The van der Waals surface area contributed by atoms with E-state index in [1.165, 1.54) is 31.1 Å². The Morgan fingerprint density at radius 3 is 2.54 bits per heavy atom. The average Bonchev–Trinajstić information content (AvgIpc) is 2.89. The van der Waals surface area contributed by atoms with E-state index in [1.54, 1.807) is 12.1 Å². The van der Waals surface area contributed by atoms with Crippen LogP contribution in [0.3, 0.4) is 0 Å². The fourth-order valence-corrected chi connectivity index (χ4v) is 3.12. The Kier molecular flexibility index (Phi) is 5.45. The highest BCUT2D eigenvalue weighted by atomic mass is 32.2. The molecule has 2 N–H and O–H groups in total. The lowest BCUT2D eigenvalue weighted by molar-refractivity contribution is -0.126. The molecule has 1 aliphatic heterocycles. The lowest BCUT2D eigenvalue weighted by atomic mass is 10.1. The second-order valence-electron chi connectivity index (χ2n) is 5.81. The summed E-state index contributed by atoms with van der Waals surface area (Å²) < 4.78 is 24.4. The van der Waals surface area contributed by atoms with Gasteiger partial charge in [-0.25, -0.2) is 12.7 Å². The van der Waals surface area contributed by atoms with Gasteiger partial charge in [-0.3, -0.25) is 9.59 Å². The Labute approximate surface area is 141 Å². The number of phenolic OH excluding ortho intramolecular Hbond substituents is 1. The zero-order valence-corrected chi connectivity index (χ0v) is 14.4. The molecule has 0 saturated carbocycles. The van der Waals surface area contributed by atoms with Crippen molar-refractivity contribution in [2.24, 2.45) is 5.92 Å². The van der Waals surface area contributed by atoms with Crippen LogP contribution >= 0.6 is 0 Å². The molecule has 1 atom stereocenters. The highest BCUT2D eigenvalue weighted by molar-refractivity contribution is 7.89. The third-order valence-corrected chi connectivity index (χ3v) is 5.71. The van der Waals surface area contributed by atoms with E-state index in [1.807, 2.05) is 0 Å². The van der Waals surface area contributed by atoms with Crippen LogP contribution in [0.5, 0.6) is 5.75 Å². The molecule has 1 aromatic carbocycles. The van der Waals surface area contributed by atoms with E-state index in [2.05, 4.69) is 5.32 Å². The zero-order chi connectivity index (χ0) is 17.9. The molecule has 0 unspecified atom stereocenters. The van der Waals surface area contributed by atoms with Gasteiger partial charge in [-0.05, 0) is 24.3 Å².